The van der Waals surface area contributed by atoms with E-state index in [-0.39, 0.29) is 18.9 Å². The van der Waals surface area contributed by atoms with E-state index in [1.807, 2.05) is 13.1 Å². The average Bonchev–Trinajstić information content (AvgIpc) is 2.97. The monoisotopic (exact) mass is 372 g/mol. The topological polar surface area (TPSA) is 96.3 Å². The number of hydrogen-bond donors (Lipinski definition) is 3. The fourth-order valence-electron chi connectivity index (χ4n) is 3.72. The Morgan fingerprint density at radius 2 is 2.11 bits per heavy atom. The van der Waals surface area contributed by atoms with Crippen LogP contribution in [0.1, 0.15) is 48.3 Å². The molecule has 1 aliphatic rings. The highest BCUT2D eigenvalue weighted by Gasteiger charge is 2.15. The molecule has 0 spiro atoms. The van der Waals surface area contributed by atoms with Crippen molar-refractivity contribution < 1.29 is 14.7 Å². The molecule has 7 nitrogen and oxygen atoms in total. The molecule has 3 rings (SSSR count). The number of carboxylic acids is 1. The lowest BCUT2D eigenvalue weighted by Crippen LogP contribution is -2.27. The molecule has 1 fully saturated rings. The van der Waals surface area contributed by atoms with Gasteiger partial charge in [-0.1, -0.05) is 0 Å². The first-order valence-corrected chi connectivity index (χ1v) is 9.70. The number of fused-ring (bicyclic) bond motifs is 1. The lowest BCUT2D eigenvalue weighted by atomic mass is 9.92. The predicted octanol–water partition coefficient (Wildman–Crippen LogP) is 2.10. The van der Waals surface area contributed by atoms with Crippen molar-refractivity contribution in [3.63, 3.8) is 0 Å². The third-order valence-corrected chi connectivity index (χ3v) is 5.33. The van der Waals surface area contributed by atoms with E-state index < -0.39 is 5.97 Å². The molecule has 27 heavy (non-hydrogen) atoms. The second-order valence-corrected chi connectivity index (χ2v) is 7.28. The van der Waals surface area contributed by atoms with Crippen LogP contribution in [0.5, 0.6) is 0 Å². The molecule has 3 N–H and O–H groups in total. The maximum Gasteiger partial charge on any atom is 0.305 e. The van der Waals surface area contributed by atoms with Crippen LogP contribution in [0.3, 0.4) is 0 Å². The van der Waals surface area contributed by atoms with Gasteiger partial charge >= 0.3 is 5.97 Å². The third kappa shape index (κ3) is 5.07. The van der Waals surface area contributed by atoms with Gasteiger partial charge in [0.15, 0.2) is 0 Å². The van der Waals surface area contributed by atoms with Crippen molar-refractivity contribution in [3.05, 3.63) is 29.6 Å². The Morgan fingerprint density at radius 3 is 2.85 bits per heavy atom. The SMILES string of the molecule is Cn1c(CCCC2CCNCC2)nc2cc(C(=O)NCCC(=O)O)ccc21. The number of aromatic nitrogens is 2. The van der Waals surface area contributed by atoms with Crippen LogP contribution in [0.25, 0.3) is 11.0 Å². The van der Waals surface area contributed by atoms with E-state index >= 15 is 0 Å². The Bertz CT molecular complexity index is 809. The molecule has 146 valence electrons. The van der Waals surface area contributed by atoms with Crippen molar-refractivity contribution in [2.75, 3.05) is 19.6 Å². The van der Waals surface area contributed by atoms with Crippen LogP contribution in [-0.2, 0) is 18.3 Å². The average molecular weight is 372 g/mol. The molecule has 0 aliphatic carbocycles. The highest BCUT2D eigenvalue weighted by molar-refractivity contribution is 5.97. The van der Waals surface area contributed by atoms with Crippen molar-refractivity contribution in [1.82, 2.24) is 20.2 Å². The highest BCUT2D eigenvalue weighted by atomic mass is 16.4. The zero-order chi connectivity index (χ0) is 19.2. The van der Waals surface area contributed by atoms with Gasteiger partial charge in [-0.2, -0.15) is 0 Å². The summed E-state index contributed by atoms with van der Waals surface area (Å²) in [5, 5.41) is 14.7. The standard InChI is InChI=1S/C20H28N4O3/c1-24-17-6-5-15(20(27)22-12-9-19(25)26)13-16(17)23-18(24)4-2-3-14-7-10-21-11-8-14/h5-6,13-14,21H,2-4,7-12H2,1H3,(H,22,27)(H,25,26). The Morgan fingerprint density at radius 1 is 1.33 bits per heavy atom. The minimum atomic E-state index is -0.926. The Labute approximate surface area is 159 Å². The Balaban J connectivity index is 1.61. The molecule has 2 aromatic rings. The molecule has 0 unspecified atom stereocenters. The maximum atomic E-state index is 12.2. The van der Waals surface area contributed by atoms with Gasteiger partial charge < -0.3 is 20.3 Å². The lowest BCUT2D eigenvalue weighted by Gasteiger charge is -2.22. The van der Waals surface area contributed by atoms with E-state index in [1.54, 1.807) is 12.1 Å². The van der Waals surface area contributed by atoms with Gasteiger partial charge in [0.1, 0.15) is 5.82 Å². The summed E-state index contributed by atoms with van der Waals surface area (Å²) >= 11 is 0. The minimum absolute atomic E-state index is 0.0845. The first kappa shape index (κ1) is 19.4. The maximum absolute atomic E-state index is 12.2. The molecule has 0 atom stereocenters. The van der Waals surface area contributed by atoms with Gasteiger partial charge in [-0.05, 0) is 62.9 Å². The first-order valence-electron chi connectivity index (χ1n) is 9.70. The second kappa shape index (κ2) is 8.99. The summed E-state index contributed by atoms with van der Waals surface area (Å²) in [4.78, 5) is 27.4. The van der Waals surface area contributed by atoms with Crippen LogP contribution in [0.2, 0.25) is 0 Å². The molecular weight excluding hydrogens is 344 g/mol. The molecule has 1 aromatic heterocycles. The summed E-state index contributed by atoms with van der Waals surface area (Å²) in [6, 6.07) is 5.45. The number of aliphatic carboxylic acids is 1. The predicted molar refractivity (Wildman–Crippen MR) is 104 cm³/mol. The zero-order valence-corrected chi connectivity index (χ0v) is 15.8. The van der Waals surface area contributed by atoms with E-state index in [9.17, 15) is 9.59 Å². The summed E-state index contributed by atoms with van der Waals surface area (Å²) < 4.78 is 2.10. The number of benzene rings is 1. The fraction of sp³-hybridized carbons (Fsp3) is 0.550. The van der Waals surface area contributed by atoms with E-state index in [0.717, 1.165) is 48.7 Å². The van der Waals surface area contributed by atoms with Gasteiger partial charge in [0, 0.05) is 25.6 Å². The van der Waals surface area contributed by atoms with Crippen molar-refractivity contribution in [3.8, 4) is 0 Å². The molecule has 0 radical (unpaired) electrons. The van der Waals surface area contributed by atoms with Crippen LogP contribution >= 0.6 is 0 Å². The molecule has 0 saturated carbocycles. The molecule has 1 aliphatic heterocycles. The van der Waals surface area contributed by atoms with Crippen LogP contribution in [-0.4, -0.2) is 46.2 Å². The van der Waals surface area contributed by atoms with Gasteiger partial charge in [-0.15, -0.1) is 0 Å². The fourth-order valence-corrected chi connectivity index (χ4v) is 3.72. The zero-order valence-electron chi connectivity index (χ0n) is 15.8. The number of carbonyl (C=O) groups excluding carboxylic acids is 1. The number of nitrogens with zero attached hydrogens (tertiary/aromatic N) is 2. The molecule has 0 bridgehead atoms. The molecule has 7 heteroatoms. The third-order valence-electron chi connectivity index (χ3n) is 5.33. The lowest BCUT2D eigenvalue weighted by molar-refractivity contribution is -0.136. The normalized spacial score (nSPS) is 15.1. The van der Waals surface area contributed by atoms with Crippen molar-refractivity contribution in [2.24, 2.45) is 13.0 Å². The van der Waals surface area contributed by atoms with Crippen molar-refractivity contribution in [1.29, 1.82) is 0 Å². The second-order valence-electron chi connectivity index (χ2n) is 7.28. The summed E-state index contributed by atoms with van der Waals surface area (Å²) in [7, 11) is 2.02. The van der Waals surface area contributed by atoms with Crippen molar-refractivity contribution >= 4 is 22.9 Å². The van der Waals surface area contributed by atoms with Gasteiger partial charge in [-0.25, -0.2) is 4.98 Å². The summed E-state index contributed by atoms with van der Waals surface area (Å²) in [6.07, 6.45) is 5.76. The number of carbonyl (C=O) groups is 2. The van der Waals surface area contributed by atoms with Gasteiger partial charge in [-0.3, -0.25) is 9.59 Å². The minimum Gasteiger partial charge on any atom is -0.481 e. The number of nitrogens with one attached hydrogen (secondary N) is 2. The van der Waals surface area contributed by atoms with E-state index in [2.05, 4.69) is 15.2 Å². The summed E-state index contributed by atoms with van der Waals surface area (Å²) in [5.74, 6) is 0.672. The van der Waals surface area contributed by atoms with Crippen LogP contribution in [0.4, 0.5) is 0 Å². The molecular formula is C20H28N4O3. The smallest absolute Gasteiger partial charge is 0.305 e. The Kier molecular flexibility index (Phi) is 6.45. The van der Waals surface area contributed by atoms with E-state index in [4.69, 9.17) is 10.1 Å². The number of hydrogen-bond acceptors (Lipinski definition) is 4. The van der Waals surface area contributed by atoms with Crippen LogP contribution in [0, 0.1) is 5.92 Å². The number of rotatable bonds is 8. The largest absolute Gasteiger partial charge is 0.481 e. The van der Waals surface area contributed by atoms with Gasteiger partial charge in [0.25, 0.3) is 5.91 Å². The highest BCUT2D eigenvalue weighted by Crippen LogP contribution is 2.21. The number of carboxylic acid groups (broad SMARTS) is 1. The molecule has 1 saturated heterocycles. The van der Waals surface area contributed by atoms with Crippen LogP contribution < -0.4 is 10.6 Å². The van der Waals surface area contributed by atoms with Gasteiger partial charge in [0.2, 0.25) is 0 Å². The quantitative estimate of drug-likeness (QED) is 0.659. The Hall–Kier alpha value is -2.41. The van der Waals surface area contributed by atoms with Crippen molar-refractivity contribution in [2.45, 2.75) is 38.5 Å². The number of piperidine rings is 1. The number of aryl methyl sites for hydroxylation is 2. The summed E-state index contributed by atoms with van der Waals surface area (Å²) in [6.45, 7) is 2.39. The molecule has 1 amide bonds. The number of amides is 1. The number of imidazole rings is 1. The van der Waals surface area contributed by atoms with Crippen LogP contribution in [0.15, 0.2) is 18.2 Å². The first-order chi connectivity index (χ1) is 13.0. The molecule has 1 aromatic carbocycles. The van der Waals surface area contributed by atoms with E-state index in [0.29, 0.717) is 5.56 Å². The summed E-state index contributed by atoms with van der Waals surface area (Å²) in [5.41, 5.74) is 2.32. The van der Waals surface area contributed by atoms with E-state index in [1.165, 1.54) is 19.3 Å². The molecule has 2 heterocycles. The van der Waals surface area contributed by atoms with Gasteiger partial charge in [0.05, 0.1) is 17.5 Å².